The first-order chi connectivity index (χ1) is 15.4. The summed E-state index contributed by atoms with van der Waals surface area (Å²) in [6, 6.07) is 10.8. The molecule has 1 aromatic rings. The Kier molecular flexibility index (Phi) is 5.76. The molecule has 2 nitrogen and oxygen atoms in total. The maximum atomic E-state index is 12.8. The fourth-order valence-corrected chi connectivity index (χ4v) is 8.01. The van der Waals surface area contributed by atoms with Crippen LogP contribution in [0.3, 0.4) is 0 Å². The fraction of sp³-hybridized carbons (Fsp3) is 0.600. The summed E-state index contributed by atoms with van der Waals surface area (Å²) in [6.45, 7) is 4.65. The highest BCUT2D eigenvalue weighted by molar-refractivity contribution is 6.01. The predicted octanol–water partition coefficient (Wildman–Crippen LogP) is 6.89. The van der Waals surface area contributed by atoms with Gasteiger partial charge in [0.2, 0.25) is 0 Å². The van der Waals surface area contributed by atoms with Crippen LogP contribution in [0.4, 0.5) is 0 Å². The van der Waals surface area contributed by atoms with E-state index in [4.69, 9.17) is 0 Å². The Morgan fingerprint density at radius 3 is 2.59 bits per heavy atom. The molecule has 0 saturated heterocycles. The Balaban J connectivity index is 1.31. The van der Waals surface area contributed by atoms with Gasteiger partial charge in [-0.15, -0.1) is 0 Å². The Bertz CT molecular complexity index is 941. The van der Waals surface area contributed by atoms with Crippen molar-refractivity contribution >= 4 is 11.6 Å². The van der Waals surface area contributed by atoms with Gasteiger partial charge in [0.25, 0.3) is 0 Å². The number of carbonyl (C=O) groups excluding carboxylic acids is 2. The van der Waals surface area contributed by atoms with Crippen molar-refractivity contribution in [1.29, 1.82) is 0 Å². The summed E-state index contributed by atoms with van der Waals surface area (Å²) in [4.78, 5) is 25.2. The average Bonchev–Trinajstić information content (AvgIpc) is 3.10. The molecule has 0 aliphatic heterocycles. The smallest absolute Gasteiger partial charge is 0.178 e. The van der Waals surface area contributed by atoms with Crippen molar-refractivity contribution in [1.82, 2.24) is 0 Å². The summed E-state index contributed by atoms with van der Waals surface area (Å²) in [5, 5.41) is 0. The van der Waals surface area contributed by atoms with Gasteiger partial charge in [-0.1, -0.05) is 68.7 Å². The van der Waals surface area contributed by atoms with Crippen molar-refractivity contribution < 1.29 is 9.59 Å². The van der Waals surface area contributed by atoms with Crippen molar-refractivity contribution in [2.24, 2.45) is 34.5 Å². The number of rotatable bonds is 6. The van der Waals surface area contributed by atoms with Crippen molar-refractivity contribution in [2.75, 3.05) is 0 Å². The lowest BCUT2D eigenvalue weighted by atomic mass is 9.46. The summed E-state index contributed by atoms with van der Waals surface area (Å²) in [5.41, 5.74) is 2.74. The molecule has 3 fully saturated rings. The molecule has 0 spiro atoms. The van der Waals surface area contributed by atoms with Crippen LogP contribution in [-0.4, -0.2) is 11.6 Å². The van der Waals surface area contributed by atoms with E-state index in [-0.39, 0.29) is 16.6 Å². The third-order valence-electron chi connectivity index (χ3n) is 9.79. The standard InChI is InChI=1S/C30H38O2/c1-29-17-15-23(31)20-27(29)22(12-8-4-7-11-21-9-5-3-6-10-21)19-24-25-13-14-28(32)30(25,2)18-16-26(24)29/h3,5-6,9-10,15,17,20,22,24-26H,4,7-8,11-14,16,18-19H2,1-2H3/t22-,24-,25-,26-,29+,30-/m0/s1. The number of hydrogen-bond acceptors (Lipinski definition) is 2. The van der Waals surface area contributed by atoms with Crippen molar-refractivity contribution in [3.63, 3.8) is 0 Å². The second-order valence-corrected chi connectivity index (χ2v) is 11.4. The summed E-state index contributed by atoms with van der Waals surface area (Å²) >= 11 is 0. The number of fused-ring (bicyclic) bond motifs is 5. The highest BCUT2D eigenvalue weighted by Gasteiger charge is 2.59. The molecule has 3 saturated carbocycles. The third-order valence-corrected chi connectivity index (χ3v) is 9.79. The normalized spacial score (nSPS) is 38.1. The Morgan fingerprint density at radius 1 is 0.969 bits per heavy atom. The molecular formula is C30H38O2. The van der Waals surface area contributed by atoms with Crippen LogP contribution in [-0.2, 0) is 16.0 Å². The minimum atomic E-state index is -0.0901. The monoisotopic (exact) mass is 430 g/mol. The maximum Gasteiger partial charge on any atom is 0.178 e. The first-order valence-electron chi connectivity index (χ1n) is 12.9. The maximum absolute atomic E-state index is 12.8. The van der Waals surface area contributed by atoms with Crippen LogP contribution in [0.1, 0.15) is 77.2 Å². The van der Waals surface area contributed by atoms with Gasteiger partial charge in [-0.05, 0) is 86.3 Å². The number of hydrogen-bond donors (Lipinski definition) is 0. The lowest BCUT2D eigenvalue weighted by molar-refractivity contribution is -0.132. The Labute approximate surface area is 193 Å². The molecule has 0 amide bonds. The SMILES string of the molecule is C[C@]12C=CC(=O)C=C1[C@@H](CCCCCc1ccccc1)C[C@@H]1[C@@H]2CC[C@]2(C)C(=O)CC[C@@H]12. The van der Waals surface area contributed by atoms with Crippen LogP contribution in [0.15, 0.2) is 54.1 Å². The van der Waals surface area contributed by atoms with E-state index in [0.717, 1.165) is 32.1 Å². The van der Waals surface area contributed by atoms with E-state index < -0.39 is 0 Å². The van der Waals surface area contributed by atoms with E-state index in [1.54, 1.807) is 0 Å². The van der Waals surface area contributed by atoms with E-state index in [1.807, 2.05) is 12.2 Å². The first-order valence-corrected chi connectivity index (χ1v) is 12.9. The zero-order chi connectivity index (χ0) is 22.3. The molecule has 4 aliphatic carbocycles. The summed E-state index contributed by atoms with van der Waals surface area (Å²) in [5.74, 6) is 2.91. The second kappa shape index (κ2) is 8.43. The van der Waals surface area contributed by atoms with Gasteiger partial charge < -0.3 is 0 Å². The van der Waals surface area contributed by atoms with Gasteiger partial charge in [0, 0.05) is 17.3 Å². The van der Waals surface area contributed by atoms with Crippen LogP contribution in [0.5, 0.6) is 0 Å². The molecule has 4 aliphatic rings. The van der Waals surface area contributed by atoms with Gasteiger partial charge >= 0.3 is 0 Å². The molecule has 0 aromatic heterocycles. The van der Waals surface area contributed by atoms with Crippen LogP contribution >= 0.6 is 0 Å². The number of carbonyl (C=O) groups is 2. The van der Waals surface area contributed by atoms with Crippen molar-refractivity contribution in [3.8, 4) is 0 Å². The minimum absolute atomic E-state index is 0.00149. The van der Waals surface area contributed by atoms with Crippen LogP contribution in [0, 0.1) is 34.5 Å². The number of aryl methyl sites for hydroxylation is 1. The van der Waals surface area contributed by atoms with Crippen LogP contribution < -0.4 is 0 Å². The molecule has 0 radical (unpaired) electrons. The van der Waals surface area contributed by atoms with E-state index >= 15 is 0 Å². The van der Waals surface area contributed by atoms with E-state index in [2.05, 4.69) is 50.3 Å². The fourth-order valence-electron chi connectivity index (χ4n) is 8.01. The van der Waals surface area contributed by atoms with Crippen LogP contribution in [0.2, 0.25) is 0 Å². The highest BCUT2D eigenvalue weighted by Crippen LogP contribution is 2.65. The Morgan fingerprint density at radius 2 is 1.78 bits per heavy atom. The topological polar surface area (TPSA) is 34.1 Å². The van der Waals surface area contributed by atoms with E-state index in [1.165, 1.54) is 43.2 Å². The number of allylic oxidation sites excluding steroid dienone is 4. The molecule has 32 heavy (non-hydrogen) atoms. The quantitative estimate of drug-likeness (QED) is 0.460. The molecule has 1 aromatic carbocycles. The second-order valence-electron chi connectivity index (χ2n) is 11.4. The van der Waals surface area contributed by atoms with Gasteiger partial charge in [-0.25, -0.2) is 0 Å². The molecule has 2 heteroatoms. The molecule has 0 heterocycles. The molecular weight excluding hydrogens is 392 g/mol. The number of ketones is 2. The van der Waals surface area contributed by atoms with Crippen LogP contribution in [0.25, 0.3) is 0 Å². The number of Topliss-reactive ketones (excluding diaryl/α,β-unsaturated/α-hetero) is 1. The number of benzene rings is 1. The number of unbranched alkanes of at least 4 members (excludes halogenated alkanes) is 2. The predicted molar refractivity (Wildman–Crippen MR) is 129 cm³/mol. The molecule has 0 N–H and O–H groups in total. The lowest BCUT2D eigenvalue weighted by Crippen LogP contribution is -2.51. The highest BCUT2D eigenvalue weighted by atomic mass is 16.1. The molecule has 5 rings (SSSR count). The molecule has 0 bridgehead atoms. The Hall–Kier alpha value is -1.96. The minimum Gasteiger partial charge on any atom is -0.299 e. The third kappa shape index (κ3) is 3.64. The van der Waals surface area contributed by atoms with Crippen molar-refractivity contribution in [2.45, 2.75) is 78.1 Å². The van der Waals surface area contributed by atoms with Gasteiger partial charge in [-0.2, -0.15) is 0 Å². The molecule has 0 unspecified atom stereocenters. The largest absolute Gasteiger partial charge is 0.299 e. The zero-order valence-corrected chi connectivity index (χ0v) is 19.8. The summed E-state index contributed by atoms with van der Waals surface area (Å²) in [6.07, 6.45) is 17.3. The van der Waals surface area contributed by atoms with Crippen molar-refractivity contribution in [3.05, 3.63) is 59.7 Å². The van der Waals surface area contributed by atoms with Gasteiger partial charge in [0.15, 0.2) is 5.78 Å². The summed E-state index contributed by atoms with van der Waals surface area (Å²) < 4.78 is 0. The summed E-state index contributed by atoms with van der Waals surface area (Å²) in [7, 11) is 0. The molecule has 170 valence electrons. The lowest BCUT2D eigenvalue weighted by Gasteiger charge is -2.57. The van der Waals surface area contributed by atoms with Gasteiger partial charge in [0.05, 0.1) is 0 Å². The zero-order valence-electron chi connectivity index (χ0n) is 19.8. The average molecular weight is 431 g/mol. The first kappa shape index (κ1) is 21.9. The van der Waals surface area contributed by atoms with E-state index in [9.17, 15) is 9.59 Å². The van der Waals surface area contributed by atoms with E-state index in [0.29, 0.717) is 29.5 Å². The van der Waals surface area contributed by atoms with Gasteiger partial charge in [-0.3, -0.25) is 9.59 Å². The molecule has 6 atom stereocenters. The van der Waals surface area contributed by atoms with Gasteiger partial charge in [0.1, 0.15) is 5.78 Å².